The van der Waals surface area contributed by atoms with Gasteiger partial charge in [0.15, 0.2) is 0 Å². The van der Waals surface area contributed by atoms with E-state index in [1.165, 1.54) is 13.2 Å². The number of ether oxygens (including phenoxy) is 1. The summed E-state index contributed by atoms with van der Waals surface area (Å²) in [7, 11) is 1.35. The van der Waals surface area contributed by atoms with Crippen molar-refractivity contribution in [2.24, 2.45) is 0 Å². The van der Waals surface area contributed by atoms with Crippen LogP contribution in [0, 0.1) is 0 Å². The van der Waals surface area contributed by atoms with Gasteiger partial charge in [0.2, 0.25) is 5.91 Å². The van der Waals surface area contributed by atoms with E-state index < -0.39 is 0 Å². The number of amides is 1. The van der Waals surface area contributed by atoms with Gasteiger partial charge in [-0.3, -0.25) is 4.79 Å². The van der Waals surface area contributed by atoms with E-state index in [0.29, 0.717) is 5.56 Å². The van der Waals surface area contributed by atoms with Crippen molar-refractivity contribution in [1.29, 1.82) is 0 Å². The van der Waals surface area contributed by atoms with Gasteiger partial charge < -0.3 is 10.1 Å². The molecule has 0 bridgehead atoms. The Morgan fingerprint density at radius 2 is 1.80 bits per heavy atom. The number of benzene rings is 1. The van der Waals surface area contributed by atoms with Gasteiger partial charge in [0.05, 0.1) is 12.7 Å². The Hall–Kier alpha value is -2.10. The molecule has 0 aromatic heterocycles. The monoisotopic (exact) mass is 275 g/mol. The third kappa shape index (κ3) is 4.88. The molecule has 0 atom stereocenters. The van der Waals surface area contributed by atoms with Crippen molar-refractivity contribution in [2.75, 3.05) is 7.11 Å². The Morgan fingerprint density at radius 3 is 2.30 bits per heavy atom. The van der Waals surface area contributed by atoms with Crippen LogP contribution in [-0.2, 0) is 9.53 Å². The molecule has 0 saturated carbocycles. The van der Waals surface area contributed by atoms with Gasteiger partial charge >= 0.3 is 5.97 Å². The lowest BCUT2D eigenvalue weighted by atomic mass is 10.1. The zero-order chi connectivity index (χ0) is 15.0. The van der Waals surface area contributed by atoms with Gasteiger partial charge in [0, 0.05) is 12.1 Å². The first-order valence-electron chi connectivity index (χ1n) is 6.77. The second kappa shape index (κ2) is 8.15. The minimum absolute atomic E-state index is 0.101. The van der Waals surface area contributed by atoms with Crippen LogP contribution in [0.3, 0.4) is 0 Å². The molecule has 4 nitrogen and oxygen atoms in total. The van der Waals surface area contributed by atoms with Gasteiger partial charge in [0.25, 0.3) is 0 Å². The Labute approximate surface area is 119 Å². The summed E-state index contributed by atoms with van der Waals surface area (Å²) in [5.41, 5.74) is 1.35. The Kier molecular flexibility index (Phi) is 6.50. The molecule has 0 unspecified atom stereocenters. The maximum Gasteiger partial charge on any atom is 0.337 e. The number of hydrogen-bond donors (Lipinski definition) is 1. The van der Waals surface area contributed by atoms with Crippen LogP contribution in [0.15, 0.2) is 30.3 Å². The Balaban J connectivity index is 2.62. The summed E-state index contributed by atoms with van der Waals surface area (Å²) in [6.45, 7) is 4.09. The molecule has 1 aromatic carbocycles. The van der Waals surface area contributed by atoms with E-state index in [1.807, 2.05) is 13.8 Å². The number of carbonyl (C=O) groups is 2. The predicted octanol–water partition coefficient (Wildman–Crippen LogP) is 2.79. The summed E-state index contributed by atoms with van der Waals surface area (Å²) in [6.07, 6.45) is 5.07. The molecule has 0 spiro atoms. The molecular formula is C16H21NO3. The summed E-state index contributed by atoms with van der Waals surface area (Å²) >= 11 is 0. The third-order valence-electron chi connectivity index (χ3n) is 3.09. The van der Waals surface area contributed by atoms with Crippen molar-refractivity contribution < 1.29 is 14.3 Å². The molecular weight excluding hydrogens is 254 g/mol. The molecule has 0 aliphatic rings. The van der Waals surface area contributed by atoms with E-state index in [9.17, 15) is 9.59 Å². The van der Waals surface area contributed by atoms with Crippen molar-refractivity contribution >= 4 is 18.0 Å². The molecule has 1 amide bonds. The Morgan fingerprint density at radius 1 is 1.20 bits per heavy atom. The minimum Gasteiger partial charge on any atom is -0.465 e. The zero-order valence-electron chi connectivity index (χ0n) is 12.2. The molecule has 1 N–H and O–H groups in total. The normalized spacial score (nSPS) is 10.8. The van der Waals surface area contributed by atoms with E-state index in [-0.39, 0.29) is 17.9 Å². The van der Waals surface area contributed by atoms with Crippen LogP contribution in [0.1, 0.15) is 42.6 Å². The van der Waals surface area contributed by atoms with Gasteiger partial charge in [-0.05, 0) is 36.6 Å². The molecule has 1 aromatic rings. The van der Waals surface area contributed by atoms with Crippen molar-refractivity contribution in [3.05, 3.63) is 41.5 Å². The van der Waals surface area contributed by atoms with Crippen LogP contribution < -0.4 is 5.32 Å². The summed E-state index contributed by atoms with van der Waals surface area (Å²) in [6, 6.07) is 7.10. The smallest absolute Gasteiger partial charge is 0.337 e. The molecule has 0 aliphatic carbocycles. The van der Waals surface area contributed by atoms with E-state index in [2.05, 4.69) is 10.1 Å². The highest BCUT2D eigenvalue weighted by atomic mass is 16.5. The van der Waals surface area contributed by atoms with Crippen LogP contribution in [0.2, 0.25) is 0 Å². The van der Waals surface area contributed by atoms with Crippen molar-refractivity contribution in [1.82, 2.24) is 5.32 Å². The topological polar surface area (TPSA) is 55.4 Å². The van der Waals surface area contributed by atoms with Crippen LogP contribution in [0.4, 0.5) is 0 Å². The van der Waals surface area contributed by atoms with Crippen LogP contribution in [0.5, 0.6) is 0 Å². The average Bonchev–Trinajstić information content (AvgIpc) is 2.50. The fourth-order valence-electron chi connectivity index (χ4n) is 1.76. The number of carbonyl (C=O) groups excluding carboxylic acids is 2. The van der Waals surface area contributed by atoms with Gasteiger partial charge in [-0.25, -0.2) is 4.79 Å². The van der Waals surface area contributed by atoms with Gasteiger partial charge in [-0.1, -0.05) is 26.0 Å². The number of rotatable bonds is 6. The van der Waals surface area contributed by atoms with Crippen LogP contribution >= 0.6 is 0 Å². The standard InChI is InChI=1S/C16H21NO3/c1-4-14(5-2)17-15(18)11-8-12-6-9-13(10-7-12)16(19)20-3/h6-11,14H,4-5H2,1-3H3,(H,17,18)/b11-8+. The first kappa shape index (κ1) is 16.0. The van der Waals surface area contributed by atoms with Crippen molar-refractivity contribution in [2.45, 2.75) is 32.7 Å². The number of hydrogen-bond acceptors (Lipinski definition) is 3. The van der Waals surface area contributed by atoms with Gasteiger partial charge in [-0.2, -0.15) is 0 Å². The highest BCUT2D eigenvalue weighted by molar-refractivity contribution is 5.92. The molecule has 20 heavy (non-hydrogen) atoms. The minimum atomic E-state index is -0.369. The lowest BCUT2D eigenvalue weighted by molar-refractivity contribution is -0.117. The van der Waals surface area contributed by atoms with Gasteiger partial charge in [0.1, 0.15) is 0 Å². The van der Waals surface area contributed by atoms with E-state index in [4.69, 9.17) is 0 Å². The fraction of sp³-hybridized carbons (Fsp3) is 0.375. The largest absolute Gasteiger partial charge is 0.465 e. The second-order valence-electron chi connectivity index (χ2n) is 4.47. The lowest BCUT2D eigenvalue weighted by Crippen LogP contribution is -2.32. The molecule has 0 radical (unpaired) electrons. The number of esters is 1. The Bertz CT molecular complexity index is 473. The second-order valence-corrected chi connectivity index (χ2v) is 4.47. The fourth-order valence-corrected chi connectivity index (χ4v) is 1.76. The average molecular weight is 275 g/mol. The quantitative estimate of drug-likeness (QED) is 0.641. The lowest BCUT2D eigenvalue weighted by Gasteiger charge is -2.12. The maximum absolute atomic E-state index is 11.7. The molecule has 4 heteroatoms. The highest BCUT2D eigenvalue weighted by Gasteiger charge is 2.05. The maximum atomic E-state index is 11.7. The molecule has 108 valence electrons. The number of nitrogens with one attached hydrogen (secondary N) is 1. The van der Waals surface area contributed by atoms with Crippen LogP contribution in [-0.4, -0.2) is 25.0 Å². The predicted molar refractivity (Wildman–Crippen MR) is 79.3 cm³/mol. The summed E-state index contributed by atoms with van der Waals surface area (Å²) in [4.78, 5) is 23.0. The summed E-state index contributed by atoms with van der Waals surface area (Å²) < 4.78 is 4.62. The van der Waals surface area contributed by atoms with Crippen molar-refractivity contribution in [3.8, 4) is 0 Å². The summed E-state index contributed by atoms with van der Waals surface area (Å²) in [5, 5.41) is 2.93. The van der Waals surface area contributed by atoms with Crippen LogP contribution in [0.25, 0.3) is 6.08 Å². The number of methoxy groups -OCH3 is 1. The third-order valence-corrected chi connectivity index (χ3v) is 3.09. The summed E-state index contributed by atoms with van der Waals surface area (Å²) in [5.74, 6) is -0.470. The highest BCUT2D eigenvalue weighted by Crippen LogP contribution is 2.07. The molecule has 0 fully saturated rings. The zero-order valence-corrected chi connectivity index (χ0v) is 12.2. The first-order valence-corrected chi connectivity index (χ1v) is 6.77. The molecule has 0 saturated heterocycles. The van der Waals surface area contributed by atoms with Gasteiger partial charge in [-0.15, -0.1) is 0 Å². The molecule has 0 aliphatic heterocycles. The SMILES string of the molecule is CCC(CC)NC(=O)/C=C/c1ccc(C(=O)OC)cc1. The van der Waals surface area contributed by atoms with E-state index in [1.54, 1.807) is 30.3 Å². The first-order chi connectivity index (χ1) is 9.60. The van der Waals surface area contributed by atoms with E-state index >= 15 is 0 Å². The van der Waals surface area contributed by atoms with Crippen molar-refractivity contribution in [3.63, 3.8) is 0 Å². The molecule has 1 rings (SSSR count). The van der Waals surface area contributed by atoms with E-state index in [0.717, 1.165) is 18.4 Å². The molecule has 0 heterocycles.